The number of carbonyl (C=O) groups is 1. The maximum Gasteiger partial charge on any atom is 0.321 e. The number of methoxy groups -OCH3 is 1. The van der Waals surface area contributed by atoms with E-state index in [1.54, 1.807) is 7.11 Å². The van der Waals surface area contributed by atoms with Crippen molar-refractivity contribution in [1.82, 2.24) is 9.80 Å². The van der Waals surface area contributed by atoms with Gasteiger partial charge < -0.3 is 15.0 Å². The highest BCUT2D eigenvalue weighted by molar-refractivity contribution is 5.89. The first-order valence-electron chi connectivity index (χ1n) is 10.4. The van der Waals surface area contributed by atoms with Crippen LogP contribution in [0.15, 0.2) is 48.5 Å². The average Bonchev–Trinajstić information content (AvgIpc) is 2.72. The molecule has 0 unspecified atom stereocenters. The van der Waals surface area contributed by atoms with Gasteiger partial charge in [0.2, 0.25) is 0 Å². The second-order valence-corrected chi connectivity index (χ2v) is 8.68. The first kappa shape index (κ1) is 21.2. The van der Waals surface area contributed by atoms with E-state index in [4.69, 9.17) is 4.74 Å². The van der Waals surface area contributed by atoms with Gasteiger partial charge in [-0.05, 0) is 47.2 Å². The fraction of sp³-hybridized carbons (Fsp3) is 0.458. The first-order chi connectivity index (χ1) is 13.8. The summed E-state index contributed by atoms with van der Waals surface area (Å²) in [4.78, 5) is 16.9. The molecule has 156 valence electrons. The monoisotopic (exact) mass is 395 g/mol. The Kier molecular flexibility index (Phi) is 6.80. The summed E-state index contributed by atoms with van der Waals surface area (Å²) in [5.41, 5.74) is 3.54. The normalized spacial score (nSPS) is 15.2. The summed E-state index contributed by atoms with van der Waals surface area (Å²) >= 11 is 0. The van der Waals surface area contributed by atoms with E-state index >= 15 is 0 Å². The Morgan fingerprint density at radius 3 is 2.14 bits per heavy atom. The number of piperazine rings is 1. The van der Waals surface area contributed by atoms with Crippen LogP contribution in [-0.2, 0) is 11.8 Å². The third-order valence-corrected chi connectivity index (χ3v) is 5.54. The van der Waals surface area contributed by atoms with E-state index in [1.165, 1.54) is 11.1 Å². The van der Waals surface area contributed by atoms with Crippen LogP contribution in [0.1, 0.15) is 31.9 Å². The Morgan fingerprint density at radius 1 is 0.966 bits per heavy atom. The van der Waals surface area contributed by atoms with E-state index in [1.807, 2.05) is 29.2 Å². The van der Waals surface area contributed by atoms with Crippen molar-refractivity contribution in [3.63, 3.8) is 0 Å². The van der Waals surface area contributed by atoms with Crippen molar-refractivity contribution >= 4 is 11.7 Å². The average molecular weight is 396 g/mol. The third kappa shape index (κ3) is 5.97. The number of nitrogens with zero attached hydrogens (tertiary/aromatic N) is 2. The molecule has 0 radical (unpaired) electrons. The molecular formula is C24H33N3O2. The number of anilines is 1. The summed E-state index contributed by atoms with van der Waals surface area (Å²) in [7, 11) is 1.69. The topological polar surface area (TPSA) is 44.8 Å². The molecule has 0 saturated carbocycles. The predicted molar refractivity (Wildman–Crippen MR) is 119 cm³/mol. The second kappa shape index (κ2) is 9.31. The van der Waals surface area contributed by atoms with Crippen LogP contribution in [-0.4, -0.2) is 55.7 Å². The van der Waals surface area contributed by atoms with Crippen LogP contribution in [0.4, 0.5) is 10.5 Å². The third-order valence-electron chi connectivity index (χ3n) is 5.54. The Bertz CT molecular complexity index is 786. The van der Waals surface area contributed by atoms with Crippen molar-refractivity contribution in [3.8, 4) is 5.75 Å². The lowest BCUT2D eigenvalue weighted by atomic mass is 9.87. The smallest absolute Gasteiger partial charge is 0.321 e. The Hall–Kier alpha value is -2.53. The number of ether oxygens (including phenoxy) is 1. The molecule has 0 spiro atoms. The lowest BCUT2D eigenvalue weighted by Crippen LogP contribution is -2.50. The fourth-order valence-corrected chi connectivity index (χ4v) is 3.51. The van der Waals surface area contributed by atoms with E-state index in [0.717, 1.165) is 50.6 Å². The van der Waals surface area contributed by atoms with Crippen LogP contribution in [0.5, 0.6) is 5.75 Å². The first-order valence-corrected chi connectivity index (χ1v) is 10.4. The molecule has 1 fully saturated rings. The van der Waals surface area contributed by atoms with Crippen LogP contribution in [0.2, 0.25) is 0 Å². The van der Waals surface area contributed by atoms with Gasteiger partial charge in [0.15, 0.2) is 0 Å². The SMILES string of the molecule is COc1ccc(CCN2CCN(C(=O)Nc3ccc(C(C)(C)C)cc3)CC2)cc1. The number of carbonyl (C=O) groups excluding carboxylic acids is 1. The molecule has 2 amide bonds. The highest BCUT2D eigenvalue weighted by Crippen LogP contribution is 2.23. The van der Waals surface area contributed by atoms with Crippen molar-refractivity contribution in [1.29, 1.82) is 0 Å². The van der Waals surface area contributed by atoms with Crippen molar-refractivity contribution in [3.05, 3.63) is 59.7 Å². The zero-order valence-corrected chi connectivity index (χ0v) is 18.1. The molecule has 5 nitrogen and oxygen atoms in total. The van der Waals surface area contributed by atoms with Gasteiger partial charge in [-0.1, -0.05) is 45.0 Å². The molecule has 1 N–H and O–H groups in total. The molecule has 1 heterocycles. The summed E-state index contributed by atoms with van der Waals surface area (Å²) in [6.45, 7) is 10.9. The van der Waals surface area contributed by atoms with Gasteiger partial charge in [0.1, 0.15) is 5.75 Å². The number of amides is 2. The molecule has 0 atom stereocenters. The summed E-state index contributed by atoms with van der Waals surface area (Å²) in [6.07, 6.45) is 1.01. The largest absolute Gasteiger partial charge is 0.497 e. The minimum absolute atomic E-state index is 0.0108. The molecular weight excluding hydrogens is 362 g/mol. The lowest BCUT2D eigenvalue weighted by molar-refractivity contribution is 0.148. The second-order valence-electron chi connectivity index (χ2n) is 8.68. The van der Waals surface area contributed by atoms with Crippen LogP contribution in [0.3, 0.4) is 0 Å². The molecule has 2 aromatic rings. The van der Waals surface area contributed by atoms with Gasteiger partial charge in [-0.15, -0.1) is 0 Å². The van der Waals surface area contributed by atoms with Crippen LogP contribution in [0.25, 0.3) is 0 Å². The van der Waals surface area contributed by atoms with Crippen LogP contribution < -0.4 is 10.1 Å². The summed E-state index contributed by atoms with van der Waals surface area (Å²) in [6, 6.07) is 16.4. The van der Waals surface area contributed by atoms with E-state index in [-0.39, 0.29) is 11.4 Å². The Balaban J connectivity index is 1.43. The zero-order chi connectivity index (χ0) is 20.9. The minimum atomic E-state index is -0.0108. The standard InChI is InChI=1S/C24H33N3O2/c1-24(2,3)20-7-9-21(10-8-20)25-23(28)27-17-15-26(16-18-27)14-13-19-5-11-22(29-4)12-6-19/h5-12H,13-18H2,1-4H3,(H,25,28). The molecule has 1 aliphatic rings. The predicted octanol–water partition coefficient (Wildman–Crippen LogP) is 4.38. The lowest BCUT2D eigenvalue weighted by Gasteiger charge is -2.34. The van der Waals surface area contributed by atoms with Gasteiger partial charge in [-0.25, -0.2) is 4.79 Å². The van der Waals surface area contributed by atoms with Crippen molar-refractivity contribution in [2.24, 2.45) is 0 Å². The highest BCUT2D eigenvalue weighted by Gasteiger charge is 2.21. The Labute approximate surface area is 174 Å². The maximum absolute atomic E-state index is 12.6. The van der Waals surface area contributed by atoms with Gasteiger partial charge in [-0.3, -0.25) is 4.90 Å². The summed E-state index contributed by atoms with van der Waals surface area (Å²) in [5.74, 6) is 0.890. The molecule has 5 heteroatoms. The maximum atomic E-state index is 12.6. The number of hydrogen-bond acceptors (Lipinski definition) is 3. The molecule has 3 rings (SSSR count). The minimum Gasteiger partial charge on any atom is -0.497 e. The molecule has 1 aliphatic heterocycles. The van der Waals surface area contributed by atoms with Gasteiger partial charge in [0.05, 0.1) is 7.11 Å². The van der Waals surface area contributed by atoms with E-state index in [0.29, 0.717) is 0 Å². The van der Waals surface area contributed by atoms with E-state index in [2.05, 4.69) is 55.3 Å². The number of hydrogen-bond donors (Lipinski definition) is 1. The summed E-state index contributed by atoms with van der Waals surface area (Å²) in [5, 5.41) is 3.03. The van der Waals surface area contributed by atoms with Gasteiger partial charge in [0, 0.05) is 38.4 Å². The fourth-order valence-electron chi connectivity index (χ4n) is 3.51. The van der Waals surface area contributed by atoms with E-state index in [9.17, 15) is 4.79 Å². The van der Waals surface area contributed by atoms with E-state index < -0.39 is 0 Å². The van der Waals surface area contributed by atoms with Gasteiger partial charge in [0.25, 0.3) is 0 Å². The molecule has 29 heavy (non-hydrogen) atoms. The molecule has 1 saturated heterocycles. The van der Waals surface area contributed by atoms with Gasteiger partial charge in [-0.2, -0.15) is 0 Å². The molecule has 0 bridgehead atoms. The van der Waals surface area contributed by atoms with Crippen molar-refractivity contribution < 1.29 is 9.53 Å². The van der Waals surface area contributed by atoms with Gasteiger partial charge >= 0.3 is 6.03 Å². The van der Waals surface area contributed by atoms with Crippen molar-refractivity contribution in [2.75, 3.05) is 45.2 Å². The van der Waals surface area contributed by atoms with Crippen LogP contribution in [0, 0.1) is 0 Å². The Morgan fingerprint density at radius 2 is 1.59 bits per heavy atom. The van der Waals surface area contributed by atoms with Crippen molar-refractivity contribution in [2.45, 2.75) is 32.6 Å². The summed E-state index contributed by atoms with van der Waals surface area (Å²) < 4.78 is 5.21. The molecule has 0 aliphatic carbocycles. The number of rotatable bonds is 5. The zero-order valence-electron chi connectivity index (χ0n) is 18.1. The molecule has 0 aromatic heterocycles. The quantitative estimate of drug-likeness (QED) is 0.817. The highest BCUT2D eigenvalue weighted by atomic mass is 16.5. The number of urea groups is 1. The molecule has 2 aromatic carbocycles. The van der Waals surface area contributed by atoms with Crippen LogP contribution >= 0.6 is 0 Å². The number of nitrogens with one attached hydrogen (secondary N) is 1. The number of benzene rings is 2.